The minimum absolute atomic E-state index is 0.0946. The first kappa shape index (κ1) is 15.6. The van der Waals surface area contributed by atoms with Crippen molar-refractivity contribution in [1.29, 1.82) is 5.26 Å². The highest BCUT2D eigenvalue weighted by Gasteiger charge is 2.22. The number of halogens is 1. The lowest BCUT2D eigenvalue weighted by Gasteiger charge is -2.28. The van der Waals surface area contributed by atoms with Crippen LogP contribution in [-0.4, -0.2) is 16.0 Å². The lowest BCUT2D eigenvalue weighted by molar-refractivity contribution is 0.359. The van der Waals surface area contributed by atoms with Crippen LogP contribution in [-0.2, 0) is 0 Å². The van der Waals surface area contributed by atoms with E-state index in [2.05, 4.69) is 49.0 Å². The summed E-state index contributed by atoms with van der Waals surface area (Å²) in [7, 11) is 0. The maximum atomic E-state index is 9.36. The van der Waals surface area contributed by atoms with Crippen LogP contribution < -0.4 is 5.32 Å². The fourth-order valence-corrected chi connectivity index (χ4v) is 2.66. The van der Waals surface area contributed by atoms with E-state index in [9.17, 15) is 5.26 Å². The molecule has 0 aliphatic heterocycles. The van der Waals surface area contributed by atoms with Gasteiger partial charge in [-0.25, -0.2) is 4.98 Å². The summed E-state index contributed by atoms with van der Waals surface area (Å²) in [6, 6.07) is 8.12. The van der Waals surface area contributed by atoms with E-state index in [1.807, 2.05) is 18.2 Å². The second-order valence-electron chi connectivity index (χ2n) is 6.93. The molecule has 2 heterocycles. The first-order valence-electron chi connectivity index (χ1n) is 7.58. The number of fused-ring (bicyclic) bond motifs is 3. The summed E-state index contributed by atoms with van der Waals surface area (Å²) in [6.07, 6.45) is 1.61. The summed E-state index contributed by atoms with van der Waals surface area (Å²) >= 11 is 6.09. The molecular weight excluding hydrogens is 308 g/mol. The summed E-state index contributed by atoms with van der Waals surface area (Å²) in [5.41, 5.74) is 2.32. The number of pyridine rings is 1. The Hall–Kier alpha value is -2.25. The zero-order valence-corrected chi connectivity index (χ0v) is 14.4. The Kier molecular flexibility index (Phi) is 3.69. The molecule has 3 rings (SSSR count). The van der Waals surface area contributed by atoms with E-state index in [-0.39, 0.29) is 11.5 Å². The Labute approximate surface area is 140 Å². The summed E-state index contributed by atoms with van der Waals surface area (Å²) < 4.78 is 0. The molecule has 0 saturated heterocycles. The third kappa shape index (κ3) is 2.73. The standard InChI is InChI=1S/C18H19ClN4/c1-10(18(2,3)4)22-17-15-13-6-5-12(19)7-14(13)23-16(15)11(8-20)9-21-17/h5-7,9-10,23H,1-4H3,(H,21,22)/t10-/m0/s1. The highest BCUT2D eigenvalue weighted by Crippen LogP contribution is 2.34. The van der Waals surface area contributed by atoms with Crippen LogP contribution in [0.1, 0.15) is 33.3 Å². The van der Waals surface area contributed by atoms with Gasteiger partial charge in [0.05, 0.1) is 16.5 Å². The van der Waals surface area contributed by atoms with Crippen molar-refractivity contribution in [2.24, 2.45) is 5.41 Å². The fraction of sp³-hybridized carbons (Fsp3) is 0.333. The normalized spacial score (nSPS) is 13.2. The number of aromatic nitrogens is 2. The van der Waals surface area contributed by atoms with Gasteiger partial charge in [0.2, 0.25) is 0 Å². The number of rotatable bonds is 2. The Morgan fingerprint density at radius 3 is 2.74 bits per heavy atom. The SMILES string of the molecule is C[C@H](Nc1ncc(C#N)c2[nH]c3cc(Cl)ccc3c12)C(C)(C)C. The number of nitrogens with zero attached hydrogens (tertiary/aromatic N) is 2. The van der Waals surface area contributed by atoms with Gasteiger partial charge in [-0.05, 0) is 24.5 Å². The molecule has 0 aliphatic carbocycles. The number of hydrogen-bond donors (Lipinski definition) is 2. The summed E-state index contributed by atoms with van der Waals surface area (Å²) in [5.74, 6) is 0.787. The molecule has 0 spiro atoms. The smallest absolute Gasteiger partial charge is 0.136 e. The molecule has 23 heavy (non-hydrogen) atoms. The Morgan fingerprint density at radius 2 is 2.09 bits per heavy atom. The van der Waals surface area contributed by atoms with Gasteiger partial charge in [-0.3, -0.25) is 0 Å². The minimum atomic E-state index is 0.0946. The predicted molar refractivity (Wildman–Crippen MR) is 95.9 cm³/mol. The predicted octanol–water partition coefficient (Wildman–Crippen LogP) is 5.09. The number of anilines is 1. The van der Waals surface area contributed by atoms with Gasteiger partial charge in [0.15, 0.2) is 0 Å². The number of aromatic amines is 1. The molecule has 0 amide bonds. The number of hydrogen-bond acceptors (Lipinski definition) is 3. The maximum absolute atomic E-state index is 9.36. The topological polar surface area (TPSA) is 64.5 Å². The van der Waals surface area contributed by atoms with Gasteiger partial charge >= 0.3 is 0 Å². The van der Waals surface area contributed by atoms with Crippen LogP contribution in [0.5, 0.6) is 0 Å². The van der Waals surface area contributed by atoms with Crippen molar-refractivity contribution in [3.63, 3.8) is 0 Å². The van der Waals surface area contributed by atoms with Crippen LogP contribution in [0.25, 0.3) is 21.8 Å². The second kappa shape index (κ2) is 5.43. The second-order valence-corrected chi connectivity index (χ2v) is 7.37. The van der Waals surface area contributed by atoms with Crippen molar-refractivity contribution in [1.82, 2.24) is 9.97 Å². The number of nitrogens with one attached hydrogen (secondary N) is 2. The molecule has 0 aliphatic rings. The van der Waals surface area contributed by atoms with Gasteiger partial charge in [0.25, 0.3) is 0 Å². The Balaban J connectivity index is 2.27. The van der Waals surface area contributed by atoms with Gasteiger partial charge in [-0.1, -0.05) is 38.4 Å². The molecule has 0 fully saturated rings. The van der Waals surface area contributed by atoms with Gasteiger partial charge in [0.1, 0.15) is 11.9 Å². The quantitative estimate of drug-likeness (QED) is 0.689. The van der Waals surface area contributed by atoms with Gasteiger partial charge in [0, 0.05) is 28.2 Å². The van der Waals surface area contributed by atoms with Gasteiger partial charge in [-0.15, -0.1) is 0 Å². The molecule has 0 unspecified atom stereocenters. The van der Waals surface area contributed by atoms with Crippen molar-refractivity contribution in [3.8, 4) is 6.07 Å². The maximum Gasteiger partial charge on any atom is 0.136 e. The van der Waals surface area contributed by atoms with Gasteiger partial charge < -0.3 is 10.3 Å². The lowest BCUT2D eigenvalue weighted by Crippen LogP contribution is -2.31. The first-order chi connectivity index (χ1) is 10.8. The van der Waals surface area contributed by atoms with Crippen LogP contribution in [0.4, 0.5) is 5.82 Å². The molecule has 0 bridgehead atoms. The summed E-state index contributed by atoms with van der Waals surface area (Å²) in [5, 5.41) is 15.5. The van der Waals surface area contributed by atoms with Crippen LogP contribution in [0, 0.1) is 16.7 Å². The highest BCUT2D eigenvalue weighted by molar-refractivity contribution is 6.31. The molecule has 4 nitrogen and oxygen atoms in total. The van der Waals surface area contributed by atoms with Crippen molar-refractivity contribution in [2.45, 2.75) is 33.7 Å². The molecule has 1 aromatic carbocycles. The van der Waals surface area contributed by atoms with Crippen LogP contribution >= 0.6 is 11.6 Å². The molecule has 2 N–H and O–H groups in total. The first-order valence-corrected chi connectivity index (χ1v) is 7.95. The van der Waals surface area contributed by atoms with E-state index in [1.165, 1.54) is 0 Å². The monoisotopic (exact) mass is 326 g/mol. The van der Waals surface area contributed by atoms with E-state index in [1.54, 1.807) is 6.20 Å². The zero-order chi connectivity index (χ0) is 16.8. The summed E-state index contributed by atoms with van der Waals surface area (Å²) in [6.45, 7) is 8.68. The zero-order valence-electron chi connectivity index (χ0n) is 13.7. The van der Waals surface area contributed by atoms with E-state index in [0.29, 0.717) is 10.6 Å². The van der Waals surface area contributed by atoms with E-state index in [4.69, 9.17) is 11.6 Å². The third-order valence-corrected chi connectivity index (χ3v) is 4.60. The van der Waals surface area contributed by atoms with Crippen LogP contribution in [0.3, 0.4) is 0 Å². The summed E-state index contributed by atoms with van der Waals surface area (Å²) in [4.78, 5) is 7.79. The molecule has 1 atom stereocenters. The molecule has 118 valence electrons. The molecule has 3 aromatic rings. The van der Waals surface area contributed by atoms with Crippen molar-refractivity contribution < 1.29 is 0 Å². The van der Waals surface area contributed by atoms with E-state index >= 15 is 0 Å². The van der Waals surface area contributed by atoms with E-state index < -0.39 is 0 Å². The van der Waals surface area contributed by atoms with Crippen molar-refractivity contribution >= 4 is 39.2 Å². The Morgan fingerprint density at radius 1 is 1.35 bits per heavy atom. The average molecular weight is 327 g/mol. The minimum Gasteiger partial charge on any atom is -0.367 e. The fourth-order valence-electron chi connectivity index (χ4n) is 2.49. The number of benzene rings is 1. The molecule has 0 saturated carbocycles. The number of H-pyrrole nitrogens is 1. The van der Waals surface area contributed by atoms with Crippen molar-refractivity contribution in [3.05, 3.63) is 35.0 Å². The number of nitriles is 1. The lowest BCUT2D eigenvalue weighted by atomic mass is 9.88. The molecule has 2 aromatic heterocycles. The Bertz CT molecular complexity index is 928. The molecule has 5 heteroatoms. The van der Waals surface area contributed by atoms with Gasteiger partial charge in [-0.2, -0.15) is 5.26 Å². The van der Waals surface area contributed by atoms with Crippen LogP contribution in [0.2, 0.25) is 5.02 Å². The highest BCUT2D eigenvalue weighted by atomic mass is 35.5. The van der Waals surface area contributed by atoms with Crippen LogP contribution in [0.15, 0.2) is 24.4 Å². The molecule has 0 radical (unpaired) electrons. The molecular formula is C18H19ClN4. The van der Waals surface area contributed by atoms with Crippen molar-refractivity contribution in [2.75, 3.05) is 5.32 Å². The third-order valence-electron chi connectivity index (χ3n) is 4.36. The average Bonchev–Trinajstić information content (AvgIpc) is 2.85. The largest absolute Gasteiger partial charge is 0.367 e. The van der Waals surface area contributed by atoms with E-state index in [0.717, 1.165) is 27.6 Å².